The van der Waals surface area contributed by atoms with Crippen molar-refractivity contribution in [3.63, 3.8) is 0 Å². The lowest BCUT2D eigenvalue weighted by molar-refractivity contribution is 0.612. The zero-order valence-corrected chi connectivity index (χ0v) is 8.73. The summed E-state index contributed by atoms with van der Waals surface area (Å²) in [5, 5.41) is 0. The summed E-state index contributed by atoms with van der Waals surface area (Å²) in [5.74, 6) is -0.117. The third-order valence-electron chi connectivity index (χ3n) is 3.05. The summed E-state index contributed by atoms with van der Waals surface area (Å²) in [6, 6.07) is 3.54. The highest BCUT2D eigenvalue weighted by Crippen LogP contribution is 2.36. The van der Waals surface area contributed by atoms with Gasteiger partial charge in [0.2, 0.25) is 0 Å². The van der Waals surface area contributed by atoms with Crippen molar-refractivity contribution in [1.29, 1.82) is 0 Å². The molecule has 0 atom stereocenters. The molecule has 1 aliphatic rings. The number of hydrogen-bond donors (Lipinski definition) is 1. The predicted molar refractivity (Wildman–Crippen MR) is 55.7 cm³/mol. The predicted octanol–water partition coefficient (Wildman–Crippen LogP) is 2.48. The zero-order valence-electron chi connectivity index (χ0n) is 8.73. The first-order valence-corrected chi connectivity index (χ1v) is 5.05. The Kier molecular flexibility index (Phi) is 2.11. The molecule has 1 saturated carbocycles. The lowest BCUT2D eigenvalue weighted by Crippen LogP contribution is -2.25. The molecule has 1 fully saturated rings. The van der Waals surface area contributed by atoms with Gasteiger partial charge in [0, 0.05) is 5.54 Å². The molecule has 1 aromatic rings. The monoisotopic (exact) mass is 193 g/mol. The lowest BCUT2D eigenvalue weighted by atomic mass is 9.98. The molecule has 0 spiro atoms. The quantitative estimate of drug-likeness (QED) is 0.767. The standard InChI is InChI=1S/C12H16FN/c1-8-6-11(13)9(2)5-10(8)7-12(14)3-4-12/h5-6H,3-4,7,14H2,1-2H3. The Bertz CT molecular complexity index is 367. The van der Waals surface area contributed by atoms with Gasteiger partial charge in [0.05, 0.1) is 0 Å². The molecule has 0 bridgehead atoms. The zero-order chi connectivity index (χ0) is 10.3. The maximum absolute atomic E-state index is 13.2. The van der Waals surface area contributed by atoms with Crippen LogP contribution in [0.2, 0.25) is 0 Å². The van der Waals surface area contributed by atoms with E-state index in [0.29, 0.717) is 0 Å². The molecule has 2 N–H and O–H groups in total. The van der Waals surface area contributed by atoms with E-state index in [9.17, 15) is 4.39 Å². The number of nitrogens with two attached hydrogens (primary N) is 1. The summed E-state index contributed by atoms with van der Waals surface area (Å²) < 4.78 is 13.2. The molecule has 0 unspecified atom stereocenters. The van der Waals surface area contributed by atoms with Gasteiger partial charge in [-0.2, -0.15) is 0 Å². The molecule has 0 radical (unpaired) electrons. The van der Waals surface area contributed by atoms with Crippen LogP contribution in [0.15, 0.2) is 12.1 Å². The van der Waals surface area contributed by atoms with Crippen LogP contribution in [-0.4, -0.2) is 5.54 Å². The summed E-state index contributed by atoms with van der Waals surface area (Å²) in [6.07, 6.45) is 3.09. The van der Waals surface area contributed by atoms with Crippen LogP contribution in [0.3, 0.4) is 0 Å². The van der Waals surface area contributed by atoms with Crippen molar-refractivity contribution in [2.45, 2.75) is 38.6 Å². The summed E-state index contributed by atoms with van der Waals surface area (Å²) in [7, 11) is 0. The third kappa shape index (κ3) is 1.80. The minimum absolute atomic E-state index is 0.00896. The number of aryl methyl sites for hydroxylation is 2. The van der Waals surface area contributed by atoms with Gasteiger partial charge in [-0.1, -0.05) is 6.07 Å². The molecule has 1 nitrogen and oxygen atoms in total. The van der Waals surface area contributed by atoms with Crippen LogP contribution in [0.25, 0.3) is 0 Å². The van der Waals surface area contributed by atoms with Crippen LogP contribution in [0.4, 0.5) is 4.39 Å². The van der Waals surface area contributed by atoms with Gasteiger partial charge in [-0.25, -0.2) is 4.39 Å². The largest absolute Gasteiger partial charge is 0.325 e. The Hall–Kier alpha value is -0.890. The molecule has 1 aromatic carbocycles. The number of rotatable bonds is 2. The van der Waals surface area contributed by atoms with E-state index in [4.69, 9.17) is 5.73 Å². The molecule has 0 heterocycles. The van der Waals surface area contributed by atoms with Gasteiger partial charge in [0.15, 0.2) is 0 Å². The third-order valence-corrected chi connectivity index (χ3v) is 3.05. The van der Waals surface area contributed by atoms with E-state index >= 15 is 0 Å². The van der Waals surface area contributed by atoms with Crippen LogP contribution in [0.5, 0.6) is 0 Å². The fourth-order valence-electron chi connectivity index (χ4n) is 1.75. The fraction of sp³-hybridized carbons (Fsp3) is 0.500. The molecule has 2 heteroatoms. The molecule has 1 aliphatic carbocycles. The lowest BCUT2D eigenvalue weighted by Gasteiger charge is -2.12. The first-order valence-electron chi connectivity index (χ1n) is 5.05. The van der Waals surface area contributed by atoms with Crippen molar-refractivity contribution in [1.82, 2.24) is 0 Å². The van der Waals surface area contributed by atoms with Crippen molar-refractivity contribution < 1.29 is 4.39 Å². The minimum atomic E-state index is -0.117. The van der Waals surface area contributed by atoms with Gasteiger partial charge in [0.25, 0.3) is 0 Å². The van der Waals surface area contributed by atoms with Crippen LogP contribution in [-0.2, 0) is 6.42 Å². The maximum atomic E-state index is 13.2. The second-order valence-corrected chi connectivity index (χ2v) is 4.57. The van der Waals surface area contributed by atoms with Gasteiger partial charge in [-0.05, 0) is 55.9 Å². The molecule has 14 heavy (non-hydrogen) atoms. The summed E-state index contributed by atoms with van der Waals surface area (Å²) >= 11 is 0. The Labute approximate surface area is 84.1 Å². The topological polar surface area (TPSA) is 26.0 Å². The molecular weight excluding hydrogens is 177 g/mol. The average molecular weight is 193 g/mol. The van der Waals surface area contributed by atoms with E-state index in [0.717, 1.165) is 30.4 Å². The molecular formula is C12H16FN. The number of hydrogen-bond acceptors (Lipinski definition) is 1. The van der Waals surface area contributed by atoms with Gasteiger partial charge in [0.1, 0.15) is 5.82 Å². The molecule has 2 rings (SSSR count). The molecule has 76 valence electrons. The van der Waals surface area contributed by atoms with E-state index in [1.54, 1.807) is 13.0 Å². The second-order valence-electron chi connectivity index (χ2n) is 4.57. The van der Waals surface area contributed by atoms with Gasteiger partial charge >= 0.3 is 0 Å². The fourth-order valence-corrected chi connectivity index (χ4v) is 1.75. The van der Waals surface area contributed by atoms with Crippen molar-refractivity contribution in [2.75, 3.05) is 0 Å². The Balaban J connectivity index is 2.29. The van der Waals surface area contributed by atoms with E-state index in [1.165, 1.54) is 5.56 Å². The van der Waals surface area contributed by atoms with Crippen molar-refractivity contribution >= 4 is 0 Å². The molecule has 0 saturated heterocycles. The maximum Gasteiger partial charge on any atom is 0.126 e. The first kappa shape index (κ1) is 9.66. The van der Waals surface area contributed by atoms with Crippen LogP contribution >= 0.6 is 0 Å². The summed E-state index contributed by atoms with van der Waals surface area (Å²) in [5.41, 5.74) is 8.98. The smallest absolute Gasteiger partial charge is 0.126 e. The van der Waals surface area contributed by atoms with Crippen molar-refractivity contribution in [3.05, 3.63) is 34.6 Å². The SMILES string of the molecule is Cc1cc(CC2(N)CC2)c(C)cc1F. The van der Waals surface area contributed by atoms with E-state index < -0.39 is 0 Å². The normalized spacial score (nSPS) is 18.3. The minimum Gasteiger partial charge on any atom is -0.325 e. The number of benzene rings is 1. The first-order chi connectivity index (χ1) is 6.50. The summed E-state index contributed by atoms with van der Waals surface area (Å²) in [4.78, 5) is 0. The van der Waals surface area contributed by atoms with Crippen molar-refractivity contribution in [2.24, 2.45) is 5.73 Å². The molecule has 0 aromatic heterocycles. The average Bonchev–Trinajstić information content (AvgIpc) is 2.80. The van der Waals surface area contributed by atoms with Crippen LogP contribution in [0.1, 0.15) is 29.5 Å². The van der Waals surface area contributed by atoms with Crippen molar-refractivity contribution in [3.8, 4) is 0 Å². The van der Waals surface area contributed by atoms with Crippen LogP contribution in [0, 0.1) is 19.7 Å². The Morgan fingerprint density at radius 1 is 1.29 bits per heavy atom. The Morgan fingerprint density at radius 3 is 2.50 bits per heavy atom. The number of halogens is 1. The van der Waals surface area contributed by atoms with E-state index in [2.05, 4.69) is 0 Å². The van der Waals surface area contributed by atoms with Crippen LogP contribution < -0.4 is 5.73 Å². The van der Waals surface area contributed by atoms with Gasteiger partial charge < -0.3 is 5.73 Å². The molecule has 0 aliphatic heterocycles. The highest BCUT2D eigenvalue weighted by Gasteiger charge is 2.38. The van der Waals surface area contributed by atoms with Gasteiger partial charge in [-0.3, -0.25) is 0 Å². The van der Waals surface area contributed by atoms with Gasteiger partial charge in [-0.15, -0.1) is 0 Å². The second kappa shape index (κ2) is 3.06. The van der Waals surface area contributed by atoms with E-state index in [1.807, 2.05) is 13.0 Å². The Morgan fingerprint density at radius 2 is 1.93 bits per heavy atom. The highest BCUT2D eigenvalue weighted by molar-refractivity contribution is 5.34. The summed E-state index contributed by atoms with van der Waals surface area (Å²) in [6.45, 7) is 3.75. The van der Waals surface area contributed by atoms with E-state index in [-0.39, 0.29) is 11.4 Å². The highest BCUT2D eigenvalue weighted by atomic mass is 19.1. The molecule has 0 amide bonds.